The lowest BCUT2D eigenvalue weighted by molar-refractivity contribution is 0.0263. The van der Waals surface area contributed by atoms with Crippen LogP contribution in [0.3, 0.4) is 0 Å². The van der Waals surface area contributed by atoms with Gasteiger partial charge in [-0.1, -0.05) is 0 Å². The molecule has 0 spiro atoms. The van der Waals surface area contributed by atoms with Gasteiger partial charge in [0.05, 0.1) is 17.6 Å². The van der Waals surface area contributed by atoms with E-state index in [1.807, 2.05) is 40.1 Å². The van der Waals surface area contributed by atoms with Gasteiger partial charge in [-0.25, -0.2) is 4.79 Å². The summed E-state index contributed by atoms with van der Waals surface area (Å²) in [5, 5.41) is 3.17. The molecule has 0 aliphatic carbocycles. The number of ether oxygens (including phenoxy) is 1. The smallest absolute Gasteiger partial charge is 0.410 e. The molecule has 0 atom stereocenters. The summed E-state index contributed by atoms with van der Waals surface area (Å²) in [6, 6.07) is 2.01. The highest BCUT2D eigenvalue weighted by Crippen LogP contribution is 2.25. The highest BCUT2D eigenvalue weighted by atomic mass is 16.6. The van der Waals surface area contributed by atoms with Crippen LogP contribution in [0.2, 0.25) is 0 Å². The normalized spacial score (nSPS) is 16.2. The van der Waals surface area contributed by atoms with E-state index in [1.165, 1.54) is 0 Å². The van der Waals surface area contributed by atoms with Gasteiger partial charge in [0.2, 0.25) is 0 Å². The van der Waals surface area contributed by atoms with Gasteiger partial charge in [-0.15, -0.1) is 0 Å². The molecule has 0 bridgehead atoms. The molecule has 1 fully saturated rings. The zero-order valence-corrected chi connectivity index (χ0v) is 13.9. The van der Waals surface area contributed by atoms with E-state index in [0.717, 1.165) is 37.4 Å². The van der Waals surface area contributed by atoms with Gasteiger partial charge in [0.1, 0.15) is 5.60 Å². The molecule has 0 unspecified atom stereocenters. The Hall–Kier alpha value is -1.98. The van der Waals surface area contributed by atoms with E-state index < -0.39 is 5.60 Å². The van der Waals surface area contributed by atoms with E-state index in [1.54, 1.807) is 11.1 Å². The summed E-state index contributed by atoms with van der Waals surface area (Å²) in [5.74, 6) is 0. The van der Waals surface area contributed by atoms with Crippen LogP contribution in [0.1, 0.15) is 27.2 Å². The fourth-order valence-corrected chi connectivity index (χ4v) is 2.52. The SMILES string of the molecule is CNc1cnccc1N1CCCN(C(=O)OC(C)(C)C)CC1. The Morgan fingerprint density at radius 2 is 2.05 bits per heavy atom. The van der Waals surface area contributed by atoms with E-state index in [4.69, 9.17) is 4.74 Å². The highest BCUT2D eigenvalue weighted by Gasteiger charge is 2.25. The Kier molecular flexibility index (Phi) is 5.11. The number of anilines is 2. The van der Waals surface area contributed by atoms with Crippen molar-refractivity contribution in [1.29, 1.82) is 0 Å². The molecule has 1 aromatic rings. The van der Waals surface area contributed by atoms with Crippen LogP contribution in [0.4, 0.5) is 16.2 Å². The first-order chi connectivity index (χ1) is 10.4. The van der Waals surface area contributed by atoms with E-state index in [-0.39, 0.29) is 6.09 Å². The van der Waals surface area contributed by atoms with Crippen LogP contribution in [0.15, 0.2) is 18.5 Å². The fraction of sp³-hybridized carbons (Fsp3) is 0.625. The molecule has 0 saturated carbocycles. The van der Waals surface area contributed by atoms with Gasteiger partial charge in [-0.2, -0.15) is 0 Å². The molecule has 1 aliphatic rings. The number of pyridine rings is 1. The summed E-state index contributed by atoms with van der Waals surface area (Å²) in [6.45, 7) is 8.78. The molecule has 122 valence electrons. The molecule has 6 nitrogen and oxygen atoms in total. The summed E-state index contributed by atoms with van der Waals surface area (Å²) in [7, 11) is 1.89. The van der Waals surface area contributed by atoms with E-state index in [2.05, 4.69) is 15.2 Å². The maximum atomic E-state index is 12.2. The lowest BCUT2D eigenvalue weighted by Crippen LogP contribution is -2.39. The second-order valence-corrected chi connectivity index (χ2v) is 6.45. The van der Waals surface area contributed by atoms with Crippen LogP contribution in [-0.4, -0.2) is 54.8 Å². The van der Waals surface area contributed by atoms with E-state index >= 15 is 0 Å². The number of nitrogens with zero attached hydrogens (tertiary/aromatic N) is 3. The number of carbonyl (C=O) groups is 1. The predicted molar refractivity (Wildman–Crippen MR) is 88.4 cm³/mol. The molecule has 1 N–H and O–H groups in total. The minimum absolute atomic E-state index is 0.224. The molecular weight excluding hydrogens is 280 g/mol. The van der Waals surface area contributed by atoms with Gasteiger partial charge in [-0.3, -0.25) is 4.98 Å². The average Bonchev–Trinajstić information content (AvgIpc) is 2.71. The van der Waals surface area contributed by atoms with Crippen molar-refractivity contribution < 1.29 is 9.53 Å². The van der Waals surface area contributed by atoms with Gasteiger partial charge >= 0.3 is 6.09 Å². The van der Waals surface area contributed by atoms with Gasteiger partial charge in [-0.05, 0) is 33.3 Å². The van der Waals surface area contributed by atoms with Crippen molar-refractivity contribution in [2.24, 2.45) is 0 Å². The first kappa shape index (κ1) is 16.4. The quantitative estimate of drug-likeness (QED) is 0.910. The van der Waals surface area contributed by atoms with Crippen LogP contribution in [-0.2, 0) is 4.74 Å². The second kappa shape index (κ2) is 6.85. The maximum Gasteiger partial charge on any atom is 0.410 e. The Labute approximate surface area is 132 Å². The molecule has 2 rings (SSSR count). The summed E-state index contributed by atoms with van der Waals surface area (Å²) < 4.78 is 5.46. The minimum atomic E-state index is -0.451. The summed E-state index contributed by atoms with van der Waals surface area (Å²) >= 11 is 0. The molecule has 1 amide bonds. The lowest BCUT2D eigenvalue weighted by Gasteiger charge is -2.27. The number of carbonyl (C=O) groups excluding carboxylic acids is 1. The van der Waals surface area contributed by atoms with Crippen LogP contribution in [0.5, 0.6) is 0 Å². The monoisotopic (exact) mass is 306 g/mol. The van der Waals surface area contributed by atoms with Crippen LogP contribution >= 0.6 is 0 Å². The Bertz CT molecular complexity index is 513. The van der Waals surface area contributed by atoms with Crippen molar-refractivity contribution in [2.75, 3.05) is 43.4 Å². The summed E-state index contributed by atoms with van der Waals surface area (Å²) in [4.78, 5) is 20.4. The van der Waals surface area contributed by atoms with Gasteiger partial charge < -0.3 is 19.9 Å². The first-order valence-corrected chi connectivity index (χ1v) is 7.75. The molecular formula is C16H26N4O2. The third-order valence-corrected chi connectivity index (χ3v) is 3.56. The van der Waals surface area contributed by atoms with E-state index in [9.17, 15) is 4.79 Å². The summed E-state index contributed by atoms with van der Waals surface area (Å²) in [6.07, 6.45) is 4.32. The second-order valence-electron chi connectivity index (χ2n) is 6.45. The van der Waals surface area contributed by atoms with Crippen molar-refractivity contribution in [3.63, 3.8) is 0 Å². The first-order valence-electron chi connectivity index (χ1n) is 7.75. The Morgan fingerprint density at radius 3 is 2.73 bits per heavy atom. The fourth-order valence-electron chi connectivity index (χ4n) is 2.52. The summed E-state index contributed by atoms with van der Waals surface area (Å²) in [5.41, 5.74) is 1.68. The van der Waals surface area contributed by atoms with Crippen LogP contribution in [0, 0.1) is 0 Å². The molecule has 22 heavy (non-hydrogen) atoms. The number of aromatic nitrogens is 1. The molecule has 2 heterocycles. The number of amides is 1. The number of hydrogen-bond donors (Lipinski definition) is 1. The number of rotatable bonds is 2. The number of nitrogens with one attached hydrogen (secondary N) is 1. The van der Waals surface area contributed by atoms with Crippen molar-refractivity contribution >= 4 is 17.5 Å². The van der Waals surface area contributed by atoms with Crippen molar-refractivity contribution in [3.05, 3.63) is 18.5 Å². The van der Waals surface area contributed by atoms with Crippen LogP contribution in [0.25, 0.3) is 0 Å². The van der Waals surface area contributed by atoms with E-state index in [0.29, 0.717) is 6.54 Å². The molecule has 6 heteroatoms. The largest absolute Gasteiger partial charge is 0.444 e. The Balaban J connectivity index is 2.02. The van der Waals surface area contributed by atoms with Gasteiger partial charge in [0, 0.05) is 39.4 Å². The third-order valence-electron chi connectivity index (χ3n) is 3.56. The Morgan fingerprint density at radius 1 is 1.27 bits per heavy atom. The zero-order chi connectivity index (χ0) is 16.2. The molecule has 1 aromatic heterocycles. The minimum Gasteiger partial charge on any atom is -0.444 e. The maximum absolute atomic E-state index is 12.2. The van der Waals surface area contributed by atoms with Crippen molar-refractivity contribution in [3.8, 4) is 0 Å². The third kappa shape index (κ3) is 4.26. The highest BCUT2D eigenvalue weighted by molar-refractivity contribution is 5.70. The molecule has 0 radical (unpaired) electrons. The molecule has 1 saturated heterocycles. The topological polar surface area (TPSA) is 57.7 Å². The molecule has 0 aromatic carbocycles. The van der Waals surface area contributed by atoms with Gasteiger partial charge in [0.25, 0.3) is 0 Å². The molecule has 1 aliphatic heterocycles. The van der Waals surface area contributed by atoms with Crippen molar-refractivity contribution in [1.82, 2.24) is 9.88 Å². The standard InChI is InChI=1S/C16H26N4O2/c1-16(2,3)22-15(21)20-9-5-8-19(10-11-20)14-6-7-18-12-13(14)17-4/h6-7,12,17H,5,8-11H2,1-4H3. The average molecular weight is 306 g/mol. The van der Waals surface area contributed by atoms with Crippen molar-refractivity contribution in [2.45, 2.75) is 32.8 Å². The van der Waals surface area contributed by atoms with Gasteiger partial charge in [0.15, 0.2) is 0 Å². The lowest BCUT2D eigenvalue weighted by atomic mass is 10.2. The number of hydrogen-bond acceptors (Lipinski definition) is 5. The zero-order valence-electron chi connectivity index (χ0n) is 13.9. The van der Waals surface area contributed by atoms with Crippen LogP contribution < -0.4 is 10.2 Å². The predicted octanol–water partition coefficient (Wildman–Crippen LogP) is 2.57.